The van der Waals surface area contributed by atoms with Crippen LogP contribution in [0.1, 0.15) is 35.1 Å². The Kier molecular flexibility index (Phi) is 10.9. The van der Waals surface area contributed by atoms with E-state index in [4.69, 9.17) is 10.5 Å². The molecule has 0 aliphatic heterocycles. The number of hydrogen-bond donors (Lipinski definition) is 2. The molecule has 0 aliphatic carbocycles. The molecule has 0 atom stereocenters. The van der Waals surface area contributed by atoms with Gasteiger partial charge in [0, 0.05) is 31.5 Å². The number of carbonyl (C=O) groups excluding carboxylic acids is 2. The van der Waals surface area contributed by atoms with Crippen LogP contribution in [0, 0.1) is 5.82 Å². The van der Waals surface area contributed by atoms with Gasteiger partial charge in [0.1, 0.15) is 11.6 Å². The number of hydrogen-bond acceptors (Lipinski definition) is 4. The lowest BCUT2D eigenvalue weighted by Crippen LogP contribution is -2.32. The Balaban J connectivity index is 1.38. The first-order valence-corrected chi connectivity index (χ1v) is 15.2. The molecule has 0 heterocycles. The molecule has 5 aromatic carbocycles. The summed E-state index contributed by atoms with van der Waals surface area (Å²) in [7, 11) is 0. The summed E-state index contributed by atoms with van der Waals surface area (Å²) in [6.45, 7) is 0.390. The van der Waals surface area contributed by atoms with E-state index in [1.165, 1.54) is 17.0 Å². The van der Waals surface area contributed by atoms with Crippen LogP contribution >= 0.6 is 0 Å². The summed E-state index contributed by atoms with van der Waals surface area (Å²) in [4.78, 5) is 28.0. The number of nitrogens with zero attached hydrogens (tertiary/aromatic N) is 1. The topological polar surface area (TPSA) is 84.7 Å². The molecule has 0 aliphatic rings. The molecule has 48 heavy (non-hydrogen) atoms. The Morgan fingerprint density at radius 1 is 0.750 bits per heavy atom. The number of nitrogens with two attached hydrogens (primary N) is 1. The molecule has 0 fully saturated rings. The zero-order valence-electron chi connectivity index (χ0n) is 25.8. The van der Waals surface area contributed by atoms with Crippen molar-refractivity contribution in [2.75, 3.05) is 4.90 Å². The first-order valence-electron chi connectivity index (χ1n) is 15.2. The van der Waals surface area contributed by atoms with Crippen LogP contribution in [0.5, 0.6) is 11.5 Å². The van der Waals surface area contributed by atoms with E-state index < -0.39 is 23.5 Å². The van der Waals surface area contributed by atoms with Crippen LogP contribution in [0.4, 0.5) is 23.2 Å². The van der Waals surface area contributed by atoms with Crippen molar-refractivity contribution in [1.29, 1.82) is 0 Å². The van der Waals surface area contributed by atoms with E-state index in [0.29, 0.717) is 46.0 Å². The minimum Gasteiger partial charge on any atom is -0.455 e. The highest BCUT2D eigenvalue weighted by molar-refractivity contribution is 5.96. The van der Waals surface area contributed by atoms with E-state index in [1.54, 1.807) is 84.9 Å². The Morgan fingerprint density at radius 2 is 1.48 bits per heavy atom. The normalized spacial score (nSPS) is 11.2. The Hall–Kier alpha value is -5.48. The quantitative estimate of drug-likeness (QED) is 0.132. The lowest BCUT2D eigenvalue weighted by atomic mass is 10.0. The number of rotatable bonds is 12. The largest absolute Gasteiger partial charge is 0.455 e. The fourth-order valence-corrected chi connectivity index (χ4v) is 5.08. The number of amides is 2. The van der Waals surface area contributed by atoms with Gasteiger partial charge in [-0.25, -0.2) is 4.39 Å². The fraction of sp³-hybridized carbons (Fsp3) is 0.158. The summed E-state index contributed by atoms with van der Waals surface area (Å²) in [5.41, 5.74) is 8.39. The predicted molar refractivity (Wildman–Crippen MR) is 176 cm³/mol. The van der Waals surface area contributed by atoms with Crippen LogP contribution in [-0.2, 0) is 35.4 Å². The number of carbonyl (C=O) groups is 2. The van der Waals surface area contributed by atoms with Gasteiger partial charge in [-0.1, -0.05) is 78.9 Å². The van der Waals surface area contributed by atoms with Gasteiger partial charge >= 0.3 is 6.18 Å². The molecule has 246 valence electrons. The van der Waals surface area contributed by atoms with Gasteiger partial charge in [-0.3, -0.25) is 9.59 Å². The van der Waals surface area contributed by atoms with Gasteiger partial charge in [0.25, 0.3) is 0 Å². The molecule has 5 aromatic rings. The third-order valence-electron chi connectivity index (χ3n) is 7.64. The number of para-hydroxylation sites is 2. The van der Waals surface area contributed by atoms with Crippen LogP contribution in [0.25, 0.3) is 11.1 Å². The maximum absolute atomic E-state index is 14.0. The van der Waals surface area contributed by atoms with E-state index in [-0.39, 0.29) is 31.8 Å². The van der Waals surface area contributed by atoms with E-state index >= 15 is 0 Å². The predicted octanol–water partition coefficient (Wildman–Crippen LogP) is 8.39. The average Bonchev–Trinajstić information content (AvgIpc) is 3.09. The van der Waals surface area contributed by atoms with Crippen LogP contribution in [0.15, 0.2) is 121 Å². The maximum atomic E-state index is 14.0. The van der Waals surface area contributed by atoms with Crippen LogP contribution in [0.2, 0.25) is 0 Å². The third kappa shape index (κ3) is 8.86. The van der Waals surface area contributed by atoms with Crippen molar-refractivity contribution in [3.8, 4) is 22.6 Å². The molecule has 3 N–H and O–H groups in total. The van der Waals surface area contributed by atoms with Crippen molar-refractivity contribution in [2.24, 2.45) is 5.73 Å². The molecule has 2 amide bonds. The molecular formula is C38H33F4N3O3. The van der Waals surface area contributed by atoms with Crippen molar-refractivity contribution in [1.82, 2.24) is 5.32 Å². The van der Waals surface area contributed by atoms with E-state index in [2.05, 4.69) is 5.32 Å². The molecule has 0 radical (unpaired) electrons. The van der Waals surface area contributed by atoms with Gasteiger partial charge in [-0.05, 0) is 64.7 Å². The molecule has 0 spiro atoms. The number of nitrogens with one attached hydrogen (secondary N) is 1. The minimum atomic E-state index is -4.47. The lowest BCUT2D eigenvalue weighted by molar-refractivity contribution is -0.137. The molecule has 0 unspecified atom stereocenters. The molecule has 10 heteroatoms. The average molecular weight is 656 g/mol. The van der Waals surface area contributed by atoms with E-state index in [0.717, 1.165) is 17.7 Å². The molecule has 5 rings (SSSR count). The summed E-state index contributed by atoms with van der Waals surface area (Å²) in [5.74, 6) is -0.307. The summed E-state index contributed by atoms with van der Waals surface area (Å²) >= 11 is 0. The summed E-state index contributed by atoms with van der Waals surface area (Å²) in [5, 5.41) is 2.66. The summed E-state index contributed by atoms with van der Waals surface area (Å²) in [6.07, 6.45) is -4.76. The minimum absolute atomic E-state index is 0.0137. The van der Waals surface area contributed by atoms with Gasteiger partial charge in [0.15, 0.2) is 5.75 Å². The van der Waals surface area contributed by atoms with Crippen LogP contribution < -0.4 is 20.7 Å². The van der Waals surface area contributed by atoms with E-state index in [9.17, 15) is 27.2 Å². The smallest absolute Gasteiger partial charge is 0.416 e. The third-order valence-corrected chi connectivity index (χ3v) is 7.64. The summed E-state index contributed by atoms with van der Waals surface area (Å²) < 4.78 is 60.1. The second-order valence-corrected chi connectivity index (χ2v) is 11.0. The lowest BCUT2D eigenvalue weighted by Gasteiger charge is -2.25. The molecule has 0 aromatic heterocycles. The zero-order chi connectivity index (χ0) is 34.1. The Morgan fingerprint density at radius 3 is 2.23 bits per heavy atom. The fourth-order valence-electron chi connectivity index (χ4n) is 5.08. The first-order chi connectivity index (χ1) is 23.1. The number of ether oxygens (including phenoxy) is 1. The SMILES string of the molecule is NCc1cccc(Oc2ccccc2N(Cc2ccc(-c3cccc(C(F)(F)F)c3)cc2)C(=O)CCC(=O)NCc2ccccc2F)c1. The molecule has 0 saturated carbocycles. The molecular weight excluding hydrogens is 622 g/mol. The van der Waals surface area contributed by atoms with Gasteiger partial charge in [0.05, 0.1) is 17.8 Å². The number of anilines is 1. The van der Waals surface area contributed by atoms with Crippen molar-refractivity contribution in [3.63, 3.8) is 0 Å². The Bertz CT molecular complexity index is 1880. The second-order valence-electron chi connectivity index (χ2n) is 11.0. The number of benzene rings is 5. The first kappa shape index (κ1) is 33.9. The van der Waals surface area contributed by atoms with Gasteiger partial charge in [0.2, 0.25) is 11.8 Å². The van der Waals surface area contributed by atoms with Gasteiger partial charge < -0.3 is 20.7 Å². The van der Waals surface area contributed by atoms with Gasteiger partial charge in [-0.2, -0.15) is 13.2 Å². The maximum Gasteiger partial charge on any atom is 0.416 e. The molecule has 6 nitrogen and oxygen atoms in total. The monoisotopic (exact) mass is 655 g/mol. The van der Waals surface area contributed by atoms with Crippen LogP contribution in [-0.4, -0.2) is 11.8 Å². The van der Waals surface area contributed by atoms with Crippen molar-refractivity contribution >= 4 is 17.5 Å². The zero-order valence-corrected chi connectivity index (χ0v) is 25.8. The number of alkyl halides is 3. The molecule has 0 saturated heterocycles. The van der Waals surface area contributed by atoms with Crippen molar-refractivity contribution in [3.05, 3.63) is 149 Å². The Labute approximate surface area is 275 Å². The highest BCUT2D eigenvalue weighted by atomic mass is 19.4. The highest BCUT2D eigenvalue weighted by Gasteiger charge is 2.30. The van der Waals surface area contributed by atoms with Gasteiger partial charge in [-0.15, -0.1) is 0 Å². The van der Waals surface area contributed by atoms with Crippen molar-refractivity contribution in [2.45, 2.75) is 38.7 Å². The standard InChI is InChI=1S/C38H33F4N3O3/c39-33-12-2-1-8-30(33)24-44-36(46)19-20-37(47)45(34-13-3-4-14-35(34)48-32-11-5-7-27(21-32)23-43)25-26-15-17-28(18-16-26)29-9-6-10-31(22-29)38(40,41)42/h1-18,21-22H,19-20,23-25,43H2,(H,44,46). The van der Waals surface area contributed by atoms with Crippen molar-refractivity contribution < 1.29 is 31.9 Å². The van der Waals surface area contributed by atoms with Crippen LogP contribution in [0.3, 0.4) is 0 Å². The second kappa shape index (κ2) is 15.4. The summed E-state index contributed by atoms with van der Waals surface area (Å²) in [6, 6.07) is 32.3. The van der Waals surface area contributed by atoms with E-state index in [1.807, 2.05) is 12.1 Å². The molecule has 0 bridgehead atoms. The highest BCUT2D eigenvalue weighted by Crippen LogP contribution is 2.35. The number of halogens is 4.